The monoisotopic (exact) mass is 303 g/mol. The zero-order valence-corrected chi connectivity index (χ0v) is 12.1. The SMILES string of the molecule is NCC(NS(=O)(=O)c1cncc(Cl)c1)C1CCCC1. The molecular formula is C12H18ClN3O2S. The van der Waals surface area contributed by atoms with Crippen LogP contribution in [0.2, 0.25) is 5.02 Å². The largest absolute Gasteiger partial charge is 0.329 e. The molecule has 5 nitrogen and oxygen atoms in total. The van der Waals surface area contributed by atoms with Crippen LogP contribution in [0.5, 0.6) is 0 Å². The van der Waals surface area contributed by atoms with Crippen molar-refractivity contribution in [3.63, 3.8) is 0 Å². The highest BCUT2D eigenvalue weighted by Crippen LogP contribution is 2.28. The standard InChI is InChI=1S/C12H18ClN3O2S/c13-10-5-11(8-15-7-10)19(17,18)16-12(6-14)9-3-1-2-4-9/h5,7-9,12,16H,1-4,6,14H2. The van der Waals surface area contributed by atoms with Crippen LogP contribution in [0.25, 0.3) is 0 Å². The molecule has 1 aromatic heterocycles. The van der Waals surface area contributed by atoms with E-state index in [1.165, 1.54) is 18.5 Å². The molecular weight excluding hydrogens is 286 g/mol. The number of hydrogen-bond acceptors (Lipinski definition) is 4. The van der Waals surface area contributed by atoms with Gasteiger partial charge < -0.3 is 5.73 Å². The van der Waals surface area contributed by atoms with E-state index in [0.717, 1.165) is 25.7 Å². The first-order valence-electron chi connectivity index (χ1n) is 6.36. The van der Waals surface area contributed by atoms with Gasteiger partial charge in [-0.05, 0) is 24.8 Å². The quantitative estimate of drug-likeness (QED) is 0.864. The molecule has 3 N–H and O–H groups in total. The lowest BCUT2D eigenvalue weighted by Crippen LogP contribution is -2.44. The van der Waals surface area contributed by atoms with Gasteiger partial charge in [0, 0.05) is 25.0 Å². The number of hydrogen-bond donors (Lipinski definition) is 2. The van der Waals surface area contributed by atoms with Gasteiger partial charge in [-0.3, -0.25) is 4.98 Å². The summed E-state index contributed by atoms with van der Waals surface area (Å²) in [7, 11) is -3.61. The fourth-order valence-corrected chi connectivity index (χ4v) is 4.05. The van der Waals surface area contributed by atoms with Gasteiger partial charge in [-0.15, -0.1) is 0 Å². The van der Waals surface area contributed by atoms with Crippen LogP contribution in [-0.2, 0) is 10.0 Å². The Kier molecular flexibility index (Phi) is 4.78. The Balaban J connectivity index is 2.15. The molecule has 1 aliphatic carbocycles. The normalized spacial score (nSPS) is 18.6. The molecule has 0 spiro atoms. The highest BCUT2D eigenvalue weighted by molar-refractivity contribution is 7.89. The van der Waals surface area contributed by atoms with E-state index in [-0.39, 0.29) is 10.9 Å². The van der Waals surface area contributed by atoms with E-state index >= 15 is 0 Å². The molecule has 1 aromatic rings. The molecule has 0 aliphatic heterocycles. The molecule has 106 valence electrons. The van der Waals surface area contributed by atoms with Crippen molar-refractivity contribution in [1.82, 2.24) is 9.71 Å². The maximum Gasteiger partial charge on any atom is 0.242 e. The molecule has 1 unspecified atom stereocenters. The Hall–Kier alpha value is -0.690. The lowest BCUT2D eigenvalue weighted by atomic mass is 9.99. The number of halogens is 1. The number of rotatable bonds is 5. The zero-order valence-electron chi connectivity index (χ0n) is 10.5. The summed E-state index contributed by atoms with van der Waals surface area (Å²) >= 11 is 5.77. The van der Waals surface area contributed by atoms with Crippen LogP contribution >= 0.6 is 11.6 Å². The second kappa shape index (κ2) is 6.17. The molecule has 1 aliphatic rings. The highest BCUT2D eigenvalue weighted by Gasteiger charge is 2.28. The summed E-state index contributed by atoms with van der Waals surface area (Å²) in [6, 6.07) is 1.17. The van der Waals surface area contributed by atoms with Gasteiger partial charge in [-0.2, -0.15) is 0 Å². The molecule has 0 radical (unpaired) electrons. The number of aromatic nitrogens is 1. The summed E-state index contributed by atoms with van der Waals surface area (Å²) in [5, 5.41) is 0.299. The molecule has 2 rings (SSSR count). The third-order valence-corrected chi connectivity index (χ3v) is 5.18. The molecule has 0 amide bonds. The van der Waals surface area contributed by atoms with Crippen molar-refractivity contribution >= 4 is 21.6 Å². The minimum absolute atomic E-state index is 0.0800. The average Bonchev–Trinajstić information content (AvgIpc) is 2.90. The van der Waals surface area contributed by atoms with Crippen LogP contribution < -0.4 is 10.5 Å². The lowest BCUT2D eigenvalue weighted by Gasteiger charge is -2.22. The van der Waals surface area contributed by atoms with E-state index in [2.05, 4.69) is 9.71 Å². The average molecular weight is 304 g/mol. The third kappa shape index (κ3) is 3.66. The van der Waals surface area contributed by atoms with E-state index in [9.17, 15) is 8.42 Å². The summed E-state index contributed by atoms with van der Waals surface area (Å²) in [5.41, 5.74) is 5.70. The molecule has 0 bridgehead atoms. The number of nitrogens with zero attached hydrogens (tertiary/aromatic N) is 1. The maximum atomic E-state index is 12.2. The van der Waals surface area contributed by atoms with Crippen LogP contribution in [0.1, 0.15) is 25.7 Å². The van der Waals surface area contributed by atoms with Crippen molar-refractivity contribution in [1.29, 1.82) is 0 Å². The van der Waals surface area contributed by atoms with Crippen molar-refractivity contribution in [2.45, 2.75) is 36.6 Å². The number of pyridine rings is 1. The molecule has 7 heteroatoms. The minimum atomic E-state index is -3.61. The fourth-order valence-electron chi connectivity index (χ4n) is 2.50. The molecule has 19 heavy (non-hydrogen) atoms. The minimum Gasteiger partial charge on any atom is -0.329 e. The van der Waals surface area contributed by atoms with Crippen molar-refractivity contribution < 1.29 is 8.42 Å². The van der Waals surface area contributed by atoms with E-state index in [4.69, 9.17) is 17.3 Å². The van der Waals surface area contributed by atoms with Crippen LogP contribution in [0.3, 0.4) is 0 Å². The van der Waals surface area contributed by atoms with Crippen LogP contribution in [0, 0.1) is 5.92 Å². The second-order valence-corrected chi connectivity index (χ2v) is 7.00. The van der Waals surface area contributed by atoms with E-state index in [0.29, 0.717) is 17.5 Å². The van der Waals surface area contributed by atoms with Gasteiger partial charge in [-0.1, -0.05) is 24.4 Å². The molecule has 1 atom stereocenters. The number of nitrogens with one attached hydrogen (secondary N) is 1. The first-order valence-corrected chi connectivity index (χ1v) is 8.22. The summed E-state index contributed by atoms with van der Waals surface area (Å²) in [6.45, 7) is 0.303. The number of sulfonamides is 1. The predicted molar refractivity (Wildman–Crippen MR) is 74.4 cm³/mol. The van der Waals surface area contributed by atoms with Gasteiger partial charge >= 0.3 is 0 Å². The lowest BCUT2D eigenvalue weighted by molar-refractivity contribution is 0.405. The third-order valence-electron chi connectivity index (χ3n) is 3.52. The van der Waals surface area contributed by atoms with Crippen molar-refractivity contribution in [3.8, 4) is 0 Å². The van der Waals surface area contributed by atoms with Crippen LogP contribution in [0.4, 0.5) is 0 Å². The summed E-state index contributed by atoms with van der Waals surface area (Å²) in [5.74, 6) is 0.326. The van der Waals surface area contributed by atoms with Gasteiger partial charge in [-0.25, -0.2) is 13.1 Å². The Morgan fingerprint density at radius 3 is 2.68 bits per heavy atom. The second-order valence-electron chi connectivity index (χ2n) is 4.85. The van der Waals surface area contributed by atoms with Crippen molar-refractivity contribution in [2.75, 3.05) is 6.54 Å². The highest BCUT2D eigenvalue weighted by atomic mass is 35.5. The Labute approximate surface area is 118 Å². The molecule has 1 heterocycles. The van der Waals surface area contributed by atoms with Gasteiger partial charge in [0.05, 0.1) is 5.02 Å². The summed E-state index contributed by atoms with van der Waals surface area (Å²) in [6.07, 6.45) is 7.02. The first kappa shape index (κ1) is 14.7. The van der Waals surface area contributed by atoms with Crippen LogP contribution in [-0.4, -0.2) is 26.0 Å². The molecule has 0 aromatic carbocycles. The Morgan fingerprint density at radius 1 is 1.42 bits per heavy atom. The maximum absolute atomic E-state index is 12.2. The first-order chi connectivity index (χ1) is 9.03. The molecule has 0 saturated heterocycles. The van der Waals surface area contributed by atoms with E-state index in [1.807, 2.05) is 0 Å². The Bertz CT molecular complexity index is 530. The van der Waals surface area contributed by atoms with Gasteiger partial charge in [0.15, 0.2) is 0 Å². The predicted octanol–water partition coefficient (Wildman–Crippen LogP) is 1.53. The summed E-state index contributed by atoms with van der Waals surface area (Å²) in [4.78, 5) is 3.88. The topological polar surface area (TPSA) is 85.1 Å². The molecule has 1 fully saturated rings. The van der Waals surface area contributed by atoms with E-state index < -0.39 is 10.0 Å². The van der Waals surface area contributed by atoms with Crippen molar-refractivity contribution in [2.24, 2.45) is 11.7 Å². The molecule has 1 saturated carbocycles. The van der Waals surface area contributed by atoms with Gasteiger partial charge in [0.2, 0.25) is 10.0 Å². The van der Waals surface area contributed by atoms with Gasteiger partial charge in [0.1, 0.15) is 4.90 Å². The van der Waals surface area contributed by atoms with Gasteiger partial charge in [0.25, 0.3) is 0 Å². The number of nitrogens with two attached hydrogens (primary N) is 1. The van der Waals surface area contributed by atoms with Crippen LogP contribution in [0.15, 0.2) is 23.4 Å². The fraction of sp³-hybridized carbons (Fsp3) is 0.583. The Morgan fingerprint density at radius 2 is 2.11 bits per heavy atom. The van der Waals surface area contributed by atoms with Crippen molar-refractivity contribution in [3.05, 3.63) is 23.5 Å². The smallest absolute Gasteiger partial charge is 0.242 e. The van der Waals surface area contributed by atoms with E-state index in [1.54, 1.807) is 0 Å². The zero-order chi connectivity index (χ0) is 13.9. The summed E-state index contributed by atoms with van der Waals surface area (Å²) < 4.78 is 27.2.